The molecule has 2 heterocycles. The molecule has 0 aliphatic heterocycles. The van der Waals surface area contributed by atoms with Crippen molar-refractivity contribution in [3.63, 3.8) is 0 Å². The third-order valence-electron chi connectivity index (χ3n) is 1.69. The predicted molar refractivity (Wildman–Crippen MR) is 45.1 cm³/mol. The second-order valence-electron chi connectivity index (χ2n) is 2.65. The van der Waals surface area contributed by atoms with Crippen LogP contribution in [0.1, 0.15) is 10.4 Å². The second-order valence-corrected chi connectivity index (χ2v) is 2.65. The Labute approximate surface area is 112 Å². The van der Waals surface area contributed by atoms with Gasteiger partial charge in [-0.3, -0.25) is 0 Å². The van der Waals surface area contributed by atoms with Crippen LogP contribution in [0, 0.1) is 0 Å². The summed E-state index contributed by atoms with van der Waals surface area (Å²) in [5.74, 6) is -2.09. The van der Waals surface area contributed by atoms with E-state index < -0.39 is 17.4 Å². The average molecular weight is 228 g/mol. The zero-order chi connectivity index (χ0) is 10.8. The Balaban J connectivity index is 0.00000128. The molecule has 0 aromatic carbocycles. The van der Waals surface area contributed by atoms with Gasteiger partial charge in [0.15, 0.2) is 0 Å². The van der Waals surface area contributed by atoms with Crippen LogP contribution in [0.5, 0.6) is 5.88 Å². The van der Waals surface area contributed by atoms with Crippen LogP contribution in [0.3, 0.4) is 0 Å². The Morgan fingerprint density at radius 2 is 2.25 bits per heavy atom. The molecule has 16 heavy (non-hydrogen) atoms. The van der Waals surface area contributed by atoms with Crippen LogP contribution in [-0.4, -0.2) is 30.8 Å². The smallest absolute Gasteiger partial charge is 0.545 e. The third kappa shape index (κ3) is 2.38. The zero-order valence-electron chi connectivity index (χ0n) is 8.36. The van der Waals surface area contributed by atoms with Gasteiger partial charge in [0.2, 0.25) is 5.88 Å². The fraction of sp³-hybridized carbons (Fsp3) is 0. The molecule has 0 saturated heterocycles. The summed E-state index contributed by atoms with van der Waals surface area (Å²) in [6.07, 6.45) is 4.04. The van der Waals surface area contributed by atoms with Crippen molar-refractivity contribution in [3.8, 4) is 11.8 Å². The molecule has 0 spiro atoms. The van der Waals surface area contributed by atoms with Crippen molar-refractivity contribution < 1.29 is 44.6 Å². The molecule has 2 aromatic heterocycles. The molecule has 0 fully saturated rings. The fourth-order valence-electron chi connectivity index (χ4n) is 1.01. The summed E-state index contributed by atoms with van der Waals surface area (Å²) >= 11 is 0. The molecule has 2 rings (SSSR count). The molecule has 0 bridgehead atoms. The first-order valence-corrected chi connectivity index (χ1v) is 3.96. The van der Waals surface area contributed by atoms with Crippen molar-refractivity contribution in [3.05, 3.63) is 30.2 Å². The quantitative estimate of drug-likeness (QED) is 0.522. The minimum Gasteiger partial charge on any atom is -0.545 e. The molecular weight excluding hydrogens is 223 g/mol. The van der Waals surface area contributed by atoms with Crippen LogP contribution in [0.25, 0.3) is 5.95 Å². The molecular formula is C8H5N4NaO3. The maximum Gasteiger partial charge on any atom is 1.00 e. The van der Waals surface area contributed by atoms with E-state index in [2.05, 4.69) is 15.1 Å². The number of aromatic nitrogens is 4. The molecule has 2 aromatic rings. The summed E-state index contributed by atoms with van der Waals surface area (Å²) in [4.78, 5) is 17.7. The van der Waals surface area contributed by atoms with Crippen LogP contribution in [0.4, 0.5) is 0 Å². The monoisotopic (exact) mass is 228 g/mol. The van der Waals surface area contributed by atoms with Gasteiger partial charge >= 0.3 is 29.6 Å². The number of carbonyl (C=O) groups is 1. The molecule has 0 saturated carbocycles. The topological polar surface area (TPSA) is 104 Å². The van der Waals surface area contributed by atoms with Gasteiger partial charge in [0, 0.05) is 18.6 Å². The molecule has 8 heteroatoms. The number of rotatable bonds is 2. The summed E-state index contributed by atoms with van der Waals surface area (Å²) in [5.41, 5.74) is -0.453. The minimum atomic E-state index is -1.53. The molecule has 1 N–H and O–H groups in total. The Kier molecular flexibility index (Phi) is 3.99. The van der Waals surface area contributed by atoms with Crippen molar-refractivity contribution >= 4 is 5.97 Å². The molecule has 0 atom stereocenters. The molecule has 0 amide bonds. The first-order valence-electron chi connectivity index (χ1n) is 3.96. The summed E-state index contributed by atoms with van der Waals surface area (Å²) in [6, 6.07) is 1.65. The van der Waals surface area contributed by atoms with Crippen LogP contribution in [0.15, 0.2) is 24.7 Å². The summed E-state index contributed by atoms with van der Waals surface area (Å²) in [7, 11) is 0. The predicted octanol–water partition coefficient (Wildman–Crippen LogP) is -4.26. The standard InChI is InChI=1S/C8H6N4O3.Na/c13-6-5(7(14)15)4-9-8(11-6)12-3-1-2-10-12;/h1-4H,(H,14,15)(H,9,11,13);/q;+1/p-1. The van der Waals surface area contributed by atoms with E-state index in [0.717, 1.165) is 6.20 Å². The van der Waals surface area contributed by atoms with Gasteiger partial charge in [0.25, 0.3) is 5.95 Å². The van der Waals surface area contributed by atoms with E-state index in [1.165, 1.54) is 10.9 Å². The molecule has 76 valence electrons. The van der Waals surface area contributed by atoms with Gasteiger partial charge in [-0.2, -0.15) is 10.1 Å². The Morgan fingerprint density at radius 3 is 2.75 bits per heavy atom. The first-order chi connectivity index (χ1) is 7.18. The van der Waals surface area contributed by atoms with Crippen molar-refractivity contribution in [2.45, 2.75) is 0 Å². The molecule has 7 nitrogen and oxygen atoms in total. The van der Waals surface area contributed by atoms with Gasteiger partial charge < -0.3 is 15.0 Å². The van der Waals surface area contributed by atoms with Gasteiger partial charge in [0.05, 0.1) is 11.5 Å². The first kappa shape index (κ1) is 12.6. The summed E-state index contributed by atoms with van der Waals surface area (Å²) in [5, 5.41) is 23.5. The molecule has 0 radical (unpaired) electrons. The number of aromatic carboxylic acids is 1. The Hall–Kier alpha value is -1.44. The van der Waals surface area contributed by atoms with Gasteiger partial charge in [-0.1, -0.05) is 0 Å². The minimum absolute atomic E-state index is 0. The summed E-state index contributed by atoms with van der Waals surface area (Å²) in [6.45, 7) is 0. The van der Waals surface area contributed by atoms with Crippen LogP contribution in [0.2, 0.25) is 0 Å². The number of hydrogen-bond donors (Lipinski definition) is 1. The Morgan fingerprint density at radius 1 is 1.50 bits per heavy atom. The van der Waals surface area contributed by atoms with E-state index in [-0.39, 0.29) is 35.5 Å². The molecule has 0 aliphatic carbocycles. The normalized spacial score (nSPS) is 9.50. The van der Waals surface area contributed by atoms with Crippen LogP contribution < -0.4 is 34.7 Å². The molecule has 0 aliphatic rings. The maximum atomic E-state index is 10.4. The van der Waals surface area contributed by atoms with Gasteiger partial charge in [0.1, 0.15) is 0 Å². The van der Waals surface area contributed by atoms with Gasteiger partial charge in [-0.05, 0) is 6.07 Å². The van der Waals surface area contributed by atoms with Crippen molar-refractivity contribution in [1.29, 1.82) is 0 Å². The second kappa shape index (κ2) is 5.06. The van der Waals surface area contributed by atoms with E-state index in [9.17, 15) is 15.0 Å². The summed E-state index contributed by atoms with van der Waals surface area (Å²) < 4.78 is 1.29. The van der Waals surface area contributed by atoms with E-state index in [0.29, 0.717) is 0 Å². The van der Waals surface area contributed by atoms with Gasteiger partial charge in [-0.15, -0.1) is 0 Å². The number of hydrogen-bond acceptors (Lipinski definition) is 6. The van der Waals surface area contributed by atoms with Crippen LogP contribution in [-0.2, 0) is 0 Å². The number of aromatic hydroxyl groups is 1. The Bertz CT molecular complexity index is 500. The number of nitrogens with zero attached hydrogens (tertiary/aromatic N) is 4. The molecule has 0 unspecified atom stereocenters. The fourth-order valence-corrected chi connectivity index (χ4v) is 1.01. The van der Waals surface area contributed by atoms with E-state index in [1.54, 1.807) is 12.3 Å². The van der Waals surface area contributed by atoms with Crippen molar-refractivity contribution in [2.75, 3.05) is 0 Å². The van der Waals surface area contributed by atoms with E-state index in [4.69, 9.17) is 0 Å². The number of carboxylic acid groups (broad SMARTS) is 1. The largest absolute Gasteiger partial charge is 1.00 e. The van der Waals surface area contributed by atoms with Crippen molar-refractivity contribution in [1.82, 2.24) is 19.7 Å². The van der Waals surface area contributed by atoms with Crippen molar-refractivity contribution in [2.24, 2.45) is 0 Å². The zero-order valence-corrected chi connectivity index (χ0v) is 10.4. The van der Waals surface area contributed by atoms with Crippen LogP contribution >= 0.6 is 0 Å². The third-order valence-corrected chi connectivity index (χ3v) is 1.69. The van der Waals surface area contributed by atoms with E-state index >= 15 is 0 Å². The average Bonchev–Trinajstić information content (AvgIpc) is 2.69. The number of carbonyl (C=O) groups excluding carboxylic acids is 1. The van der Waals surface area contributed by atoms with Gasteiger partial charge in [-0.25, -0.2) is 9.67 Å². The SMILES string of the molecule is O=C([O-])c1cnc(-n2cccn2)nc1O.[Na+]. The number of carboxylic acids is 1. The maximum absolute atomic E-state index is 10.4. The van der Waals surface area contributed by atoms with E-state index in [1.807, 2.05) is 0 Å².